The molecule has 0 saturated heterocycles. The van der Waals surface area contributed by atoms with Crippen LogP contribution >= 0.6 is 0 Å². The molecule has 100 valence electrons. The first-order chi connectivity index (χ1) is 9.34. The van der Waals surface area contributed by atoms with Gasteiger partial charge < -0.3 is 5.73 Å². The first-order valence-corrected chi connectivity index (χ1v) is 7.18. The summed E-state index contributed by atoms with van der Waals surface area (Å²) in [5, 5.41) is 0. The largest absolute Gasteiger partial charge is 0.327 e. The van der Waals surface area contributed by atoms with Crippen molar-refractivity contribution in [2.45, 2.75) is 38.1 Å². The Kier molecular flexibility index (Phi) is 5.64. The van der Waals surface area contributed by atoms with Gasteiger partial charge in [-0.1, -0.05) is 67.1 Å². The molecule has 0 amide bonds. The molecule has 1 heteroatoms. The van der Waals surface area contributed by atoms with Crippen LogP contribution in [0.2, 0.25) is 0 Å². The molecule has 0 aromatic heterocycles. The molecule has 2 aromatic rings. The number of benzene rings is 2. The van der Waals surface area contributed by atoms with Crippen LogP contribution in [-0.2, 0) is 12.8 Å². The van der Waals surface area contributed by atoms with E-state index in [1.54, 1.807) is 0 Å². The molecule has 1 nitrogen and oxygen atoms in total. The van der Waals surface area contributed by atoms with Crippen LogP contribution in [0, 0.1) is 0 Å². The van der Waals surface area contributed by atoms with Gasteiger partial charge in [-0.05, 0) is 36.8 Å². The van der Waals surface area contributed by atoms with Crippen LogP contribution in [0.3, 0.4) is 0 Å². The van der Waals surface area contributed by atoms with Crippen LogP contribution in [0.5, 0.6) is 0 Å². The summed E-state index contributed by atoms with van der Waals surface area (Å²) < 4.78 is 0. The van der Waals surface area contributed by atoms with E-state index in [0.29, 0.717) is 0 Å². The lowest BCUT2D eigenvalue weighted by atomic mass is 10.00. The van der Waals surface area contributed by atoms with Gasteiger partial charge >= 0.3 is 0 Å². The maximum absolute atomic E-state index is 6.19. The minimum Gasteiger partial charge on any atom is -0.327 e. The molecular weight excluding hydrogens is 230 g/mol. The summed E-state index contributed by atoms with van der Waals surface area (Å²) in [4.78, 5) is 0. The molecule has 1 atom stereocenters. The van der Waals surface area contributed by atoms with Crippen molar-refractivity contribution in [2.75, 3.05) is 0 Å². The highest BCUT2D eigenvalue weighted by Crippen LogP contribution is 2.10. The van der Waals surface area contributed by atoms with Gasteiger partial charge in [0, 0.05) is 6.04 Å². The maximum Gasteiger partial charge on any atom is 0.00793 e. The van der Waals surface area contributed by atoms with Crippen molar-refractivity contribution in [1.82, 2.24) is 0 Å². The highest BCUT2D eigenvalue weighted by molar-refractivity contribution is 5.16. The number of hydrogen-bond donors (Lipinski definition) is 1. The van der Waals surface area contributed by atoms with Crippen molar-refractivity contribution in [2.24, 2.45) is 5.73 Å². The van der Waals surface area contributed by atoms with Gasteiger partial charge in [-0.2, -0.15) is 0 Å². The van der Waals surface area contributed by atoms with Crippen LogP contribution in [0.1, 0.15) is 30.4 Å². The summed E-state index contributed by atoms with van der Waals surface area (Å²) in [6, 6.07) is 21.5. The highest BCUT2D eigenvalue weighted by atomic mass is 14.6. The Balaban J connectivity index is 1.63. The average Bonchev–Trinajstić information content (AvgIpc) is 2.46. The third-order valence-electron chi connectivity index (χ3n) is 3.47. The molecule has 0 aliphatic rings. The fourth-order valence-electron chi connectivity index (χ4n) is 2.40. The van der Waals surface area contributed by atoms with Gasteiger partial charge in [-0.15, -0.1) is 0 Å². The highest BCUT2D eigenvalue weighted by Gasteiger charge is 2.03. The molecule has 1 unspecified atom stereocenters. The fraction of sp³-hybridized carbons (Fsp3) is 0.333. The molecule has 0 heterocycles. The first kappa shape index (κ1) is 13.8. The van der Waals surface area contributed by atoms with Crippen molar-refractivity contribution < 1.29 is 0 Å². The van der Waals surface area contributed by atoms with Crippen molar-refractivity contribution >= 4 is 0 Å². The zero-order valence-electron chi connectivity index (χ0n) is 11.5. The molecule has 0 bridgehead atoms. The van der Waals surface area contributed by atoms with Crippen LogP contribution < -0.4 is 5.73 Å². The molecule has 2 rings (SSSR count). The predicted octanol–water partition coefficient (Wildman–Crippen LogP) is 3.97. The molecule has 0 fully saturated rings. The number of unbranched alkanes of at least 4 members (excludes halogenated alkanes) is 1. The fourth-order valence-corrected chi connectivity index (χ4v) is 2.40. The molecule has 0 saturated carbocycles. The van der Waals surface area contributed by atoms with Gasteiger partial charge in [-0.25, -0.2) is 0 Å². The van der Waals surface area contributed by atoms with E-state index < -0.39 is 0 Å². The Hall–Kier alpha value is -1.60. The lowest BCUT2D eigenvalue weighted by molar-refractivity contribution is 0.561. The van der Waals surface area contributed by atoms with E-state index in [0.717, 1.165) is 12.8 Å². The topological polar surface area (TPSA) is 26.0 Å². The van der Waals surface area contributed by atoms with Crippen molar-refractivity contribution in [3.05, 3.63) is 71.8 Å². The predicted molar refractivity (Wildman–Crippen MR) is 82.1 cm³/mol. The number of rotatable bonds is 7. The summed E-state index contributed by atoms with van der Waals surface area (Å²) in [6.45, 7) is 0. The normalized spacial score (nSPS) is 12.3. The monoisotopic (exact) mass is 253 g/mol. The van der Waals surface area contributed by atoms with E-state index in [1.807, 2.05) is 0 Å². The molecule has 2 N–H and O–H groups in total. The lowest BCUT2D eigenvalue weighted by Gasteiger charge is -2.11. The molecular formula is C18H23N. The second-order valence-electron chi connectivity index (χ2n) is 5.18. The summed E-state index contributed by atoms with van der Waals surface area (Å²) >= 11 is 0. The van der Waals surface area contributed by atoms with Crippen LogP contribution in [0.4, 0.5) is 0 Å². The van der Waals surface area contributed by atoms with Crippen LogP contribution in [0.25, 0.3) is 0 Å². The lowest BCUT2D eigenvalue weighted by Crippen LogP contribution is -2.22. The first-order valence-electron chi connectivity index (χ1n) is 7.18. The van der Waals surface area contributed by atoms with Gasteiger partial charge in [0.1, 0.15) is 0 Å². The third kappa shape index (κ3) is 5.27. The number of nitrogens with two attached hydrogens (primary N) is 1. The minimum atomic E-state index is 0.290. The Morgan fingerprint density at radius 1 is 0.737 bits per heavy atom. The zero-order valence-corrected chi connectivity index (χ0v) is 11.5. The van der Waals surface area contributed by atoms with E-state index in [2.05, 4.69) is 60.7 Å². The Labute approximate surface area is 116 Å². The third-order valence-corrected chi connectivity index (χ3v) is 3.47. The smallest absolute Gasteiger partial charge is 0.00793 e. The van der Waals surface area contributed by atoms with E-state index in [4.69, 9.17) is 5.73 Å². The van der Waals surface area contributed by atoms with Gasteiger partial charge in [0.15, 0.2) is 0 Å². The van der Waals surface area contributed by atoms with Crippen molar-refractivity contribution in [3.8, 4) is 0 Å². The van der Waals surface area contributed by atoms with Crippen molar-refractivity contribution in [3.63, 3.8) is 0 Å². The quantitative estimate of drug-likeness (QED) is 0.742. The van der Waals surface area contributed by atoms with Gasteiger partial charge in [-0.3, -0.25) is 0 Å². The minimum absolute atomic E-state index is 0.290. The summed E-state index contributed by atoms with van der Waals surface area (Å²) in [7, 11) is 0. The Morgan fingerprint density at radius 2 is 1.32 bits per heavy atom. The number of hydrogen-bond acceptors (Lipinski definition) is 1. The van der Waals surface area contributed by atoms with E-state index >= 15 is 0 Å². The van der Waals surface area contributed by atoms with E-state index in [9.17, 15) is 0 Å². The molecule has 0 radical (unpaired) electrons. The molecule has 2 aromatic carbocycles. The number of aryl methyl sites for hydroxylation is 1. The zero-order chi connectivity index (χ0) is 13.3. The summed E-state index contributed by atoms with van der Waals surface area (Å²) in [6.07, 6.45) is 5.71. The molecule has 0 aliphatic heterocycles. The molecule has 0 spiro atoms. The SMILES string of the molecule is NC(CCCCc1ccccc1)Cc1ccccc1. The van der Waals surface area contributed by atoms with Gasteiger partial charge in [0.2, 0.25) is 0 Å². The molecule has 0 aliphatic carbocycles. The van der Waals surface area contributed by atoms with E-state index in [1.165, 1.54) is 30.4 Å². The average molecular weight is 253 g/mol. The van der Waals surface area contributed by atoms with E-state index in [-0.39, 0.29) is 6.04 Å². The second-order valence-corrected chi connectivity index (χ2v) is 5.18. The Morgan fingerprint density at radius 3 is 1.95 bits per heavy atom. The second kappa shape index (κ2) is 7.75. The maximum atomic E-state index is 6.19. The summed E-state index contributed by atoms with van der Waals surface area (Å²) in [5.41, 5.74) is 8.96. The van der Waals surface area contributed by atoms with Crippen LogP contribution in [-0.4, -0.2) is 6.04 Å². The standard InChI is InChI=1S/C18H23N/c19-18(15-17-12-5-2-6-13-17)14-8-7-11-16-9-3-1-4-10-16/h1-6,9-10,12-13,18H,7-8,11,14-15,19H2. The van der Waals surface area contributed by atoms with Gasteiger partial charge in [0.05, 0.1) is 0 Å². The summed E-state index contributed by atoms with van der Waals surface area (Å²) in [5.74, 6) is 0. The van der Waals surface area contributed by atoms with Crippen LogP contribution in [0.15, 0.2) is 60.7 Å². The van der Waals surface area contributed by atoms with Crippen molar-refractivity contribution in [1.29, 1.82) is 0 Å². The molecule has 19 heavy (non-hydrogen) atoms. The van der Waals surface area contributed by atoms with Gasteiger partial charge in [0.25, 0.3) is 0 Å². The Bertz CT molecular complexity index is 450.